The third-order valence-corrected chi connectivity index (χ3v) is 4.53. The summed E-state index contributed by atoms with van der Waals surface area (Å²) >= 11 is 1.38. The minimum atomic E-state index is -0.635. The van der Waals surface area contributed by atoms with E-state index in [-0.39, 0.29) is 18.5 Å². The van der Waals surface area contributed by atoms with Gasteiger partial charge in [-0.05, 0) is 11.8 Å². The molecule has 0 unspecified atom stereocenters. The molecule has 0 bridgehead atoms. The molecule has 1 aromatic carbocycles. The number of halogens is 2. The van der Waals surface area contributed by atoms with Gasteiger partial charge in [-0.25, -0.2) is 13.8 Å². The molecule has 3 aromatic rings. The van der Waals surface area contributed by atoms with Crippen LogP contribution in [0.5, 0.6) is 0 Å². The van der Waals surface area contributed by atoms with E-state index in [4.69, 9.17) is 0 Å². The van der Waals surface area contributed by atoms with Crippen molar-refractivity contribution < 1.29 is 8.78 Å². The molecule has 6 nitrogen and oxygen atoms in total. The first-order chi connectivity index (χ1) is 12.5. The smallest absolute Gasteiger partial charge is 0.277 e. The zero-order valence-electron chi connectivity index (χ0n) is 14.3. The molecule has 0 amide bonds. The molecular weight excluding hydrogens is 360 g/mol. The highest BCUT2D eigenvalue weighted by Crippen LogP contribution is 2.18. The van der Waals surface area contributed by atoms with Crippen LogP contribution in [-0.4, -0.2) is 30.1 Å². The zero-order chi connectivity index (χ0) is 18.7. The normalized spacial score (nSPS) is 11.1. The van der Waals surface area contributed by atoms with Crippen LogP contribution in [0.15, 0.2) is 40.7 Å². The van der Waals surface area contributed by atoms with Crippen LogP contribution in [0.3, 0.4) is 0 Å². The molecule has 0 aliphatic heterocycles. The van der Waals surface area contributed by atoms with Gasteiger partial charge in [0, 0.05) is 36.9 Å². The Balaban J connectivity index is 1.98. The fourth-order valence-corrected chi connectivity index (χ4v) is 3.16. The van der Waals surface area contributed by atoms with Crippen LogP contribution < -0.4 is 5.56 Å². The Morgan fingerprint density at radius 2 is 2.04 bits per heavy atom. The number of rotatable bonds is 6. The third kappa shape index (κ3) is 4.16. The van der Waals surface area contributed by atoms with Gasteiger partial charge in [0.15, 0.2) is 11.0 Å². The van der Waals surface area contributed by atoms with E-state index in [1.165, 1.54) is 23.9 Å². The number of aromatic nitrogens is 5. The van der Waals surface area contributed by atoms with Gasteiger partial charge in [-0.3, -0.25) is 9.48 Å². The highest BCUT2D eigenvalue weighted by Gasteiger charge is 2.13. The molecular formula is C17H17F2N5OS. The van der Waals surface area contributed by atoms with Gasteiger partial charge in [-0.2, -0.15) is 10.1 Å². The van der Waals surface area contributed by atoms with Crippen LogP contribution in [0.25, 0.3) is 0 Å². The van der Waals surface area contributed by atoms with Crippen LogP contribution in [0.4, 0.5) is 8.78 Å². The van der Waals surface area contributed by atoms with E-state index in [1.807, 2.05) is 6.92 Å². The van der Waals surface area contributed by atoms with E-state index < -0.39 is 11.6 Å². The molecule has 0 atom stereocenters. The molecule has 0 aliphatic carbocycles. The fourth-order valence-electron chi connectivity index (χ4n) is 2.47. The maximum Gasteiger partial charge on any atom is 0.277 e. The van der Waals surface area contributed by atoms with Crippen molar-refractivity contribution in [2.75, 3.05) is 5.75 Å². The van der Waals surface area contributed by atoms with Crippen molar-refractivity contribution in [1.29, 1.82) is 0 Å². The molecule has 0 N–H and O–H groups in total. The lowest BCUT2D eigenvalue weighted by molar-refractivity contribution is 0.555. The van der Waals surface area contributed by atoms with Crippen LogP contribution in [0.1, 0.15) is 23.9 Å². The molecule has 26 heavy (non-hydrogen) atoms. The summed E-state index contributed by atoms with van der Waals surface area (Å²) < 4.78 is 30.4. The lowest BCUT2D eigenvalue weighted by atomic mass is 10.2. The van der Waals surface area contributed by atoms with Crippen LogP contribution in [0, 0.1) is 11.6 Å². The Morgan fingerprint density at radius 3 is 2.69 bits per heavy atom. The second-order valence-electron chi connectivity index (χ2n) is 5.66. The SMILES string of the molecule is CCSc1nc(=O)c(Cc2ncn(C)n2)cn1Cc1ccc(F)cc1F. The maximum absolute atomic E-state index is 14.0. The van der Waals surface area contributed by atoms with Crippen LogP contribution >= 0.6 is 11.8 Å². The van der Waals surface area contributed by atoms with Crippen LogP contribution in [0.2, 0.25) is 0 Å². The molecule has 3 rings (SSSR count). The quantitative estimate of drug-likeness (QED) is 0.488. The summed E-state index contributed by atoms with van der Waals surface area (Å²) in [5, 5.41) is 4.65. The molecule has 0 spiro atoms. The summed E-state index contributed by atoms with van der Waals surface area (Å²) in [7, 11) is 1.74. The van der Waals surface area contributed by atoms with Crippen LogP contribution in [-0.2, 0) is 20.0 Å². The Bertz CT molecular complexity index is 986. The lowest BCUT2D eigenvalue weighted by Gasteiger charge is -2.13. The first kappa shape index (κ1) is 18.2. The predicted octanol–water partition coefficient (Wildman–Crippen LogP) is 2.40. The minimum absolute atomic E-state index is 0.143. The highest BCUT2D eigenvalue weighted by atomic mass is 32.2. The van der Waals surface area contributed by atoms with E-state index in [0.717, 1.165) is 6.07 Å². The first-order valence-corrected chi connectivity index (χ1v) is 8.96. The van der Waals surface area contributed by atoms with Gasteiger partial charge in [0.25, 0.3) is 5.56 Å². The minimum Gasteiger partial charge on any atom is -0.322 e. The number of aryl methyl sites for hydroxylation is 1. The van der Waals surface area contributed by atoms with Gasteiger partial charge in [0.05, 0.1) is 6.54 Å². The highest BCUT2D eigenvalue weighted by molar-refractivity contribution is 7.99. The number of hydrogen-bond acceptors (Lipinski definition) is 5. The second-order valence-corrected chi connectivity index (χ2v) is 6.89. The van der Waals surface area contributed by atoms with Crippen molar-refractivity contribution in [3.05, 3.63) is 69.7 Å². The Morgan fingerprint density at radius 1 is 1.23 bits per heavy atom. The molecule has 136 valence electrons. The Hall–Kier alpha value is -2.55. The van der Waals surface area contributed by atoms with Crippen molar-refractivity contribution >= 4 is 11.8 Å². The summed E-state index contributed by atoms with van der Waals surface area (Å²) in [4.78, 5) is 20.6. The summed E-state index contributed by atoms with van der Waals surface area (Å²) in [6.07, 6.45) is 3.43. The van der Waals surface area contributed by atoms with Gasteiger partial charge >= 0.3 is 0 Å². The predicted molar refractivity (Wildman–Crippen MR) is 94.2 cm³/mol. The average Bonchev–Trinajstić information content (AvgIpc) is 2.99. The van der Waals surface area contributed by atoms with E-state index in [0.29, 0.717) is 27.9 Å². The number of thioether (sulfide) groups is 1. The third-order valence-electron chi connectivity index (χ3n) is 3.65. The molecule has 0 aliphatic rings. The van der Waals surface area contributed by atoms with E-state index in [1.54, 1.807) is 28.8 Å². The topological polar surface area (TPSA) is 65.6 Å². The Labute approximate surface area is 152 Å². The molecule has 2 aromatic heterocycles. The van der Waals surface area contributed by atoms with Crippen molar-refractivity contribution in [3.63, 3.8) is 0 Å². The summed E-state index contributed by atoms with van der Waals surface area (Å²) in [6, 6.07) is 3.44. The summed E-state index contributed by atoms with van der Waals surface area (Å²) in [5.41, 5.74) is 0.375. The zero-order valence-corrected chi connectivity index (χ0v) is 15.1. The van der Waals surface area contributed by atoms with Gasteiger partial charge in [-0.15, -0.1) is 0 Å². The van der Waals surface area contributed by atoms with Crippen molar-refractivity contribution in [1.82, 2.24) is 24.3 Å². The number of nitrogens with zero attached hydrogens (tertiary/aromatic N) is 5. The van der Waals surface area contributed by atoms with E-state index in [2.05, 4.69) is 15.1 Å². The fraction of sp³-hybridized carbons (Fsp3) is 0.294. The van der Waals surface area contributed by atoms with Crippen molar-refractivity contribution in [2.24, 2.45) is 7.05 Å². The molecule has 0 saturated carbocycles. The number of hydrogen-bond donors (Lipinski definition) is 0. The van der Waals surface area contributed by atoms with Gasteiger partial charge in [-0.1, -0.05) is 24.8 Å². The maximum atomic E-state index is 14.0. The average molecular weight is 377 g/mol. The monoisotopic (exact) mass is 377 g/mol. The summed E-state index contributed by atoms with van der Waals surface area (Å²) in [5.74, 6) is -0.0558. The largest absolute Gasteiger partial charge is 0.322 e. The molecule has 0 fully saturated rings. The van der Waals surface area contributed by atoms with E-state index >= 15 is 0 Å². The molecule has 0 saturated heterocycles. The van der Waals surface area contributed by atoms with Crippen molar-refractivity contribution in [2.45, 2.75) is 25.0 Å². The lowest BCUT2D eigenvalue weighted by Crippen LogP contribution is -2.20. The molecule has 9 heteroatoms. The van der Waals surface area contributed by atoms with Gasteiger partial charge in [0.2, 0.25) is 0 Å². The molecule has 2 heterocycles. The summed E-state index contributed by atoms with van der Waals surface area (Å²) in [6.45, 7) is 2.08. The Kier molecular flexibility index (Phi) is 5.46. The molecule has 0 radical (unpaired) electrons. The number of benzene rings is 1. The standard InChI is InChI=1S/C17H17F2N5OS/c1-3-26-17-21-16(25)12(6-15-20-10-23(2)22-15)9-24(17)8-11-4-5-13(18)7-14(11)19/h4-5,7,9-10H,3,6,8H2,1-2H3. The second kappa shape index (κ2) is 7.77. The van der Waals surface area contributed by atoms with Gasteiger partial charge < -0.3 is 4.57 Å². The van der Waals surface area contributed by atoms with Gasteiger partial charge in [0.1, 0.15) is 18.0 Å². The van der Waals surface area contributed by atoms with Crippen molar-refractivity contribution in [3.8, 4) is 0 Å². The van der Waals surface area contributed by atoms with E-state index in [9.17, 15) is 13.6 Å². The first-order valence-electron chi connectivity index (χ1n) is 7.98.